The highest BCUT2D eigenvalue weighted by Gasteiger charge is 2.10. The van der Waals surface area contributed by atoms with Crippen molar-refractivity contribution in [1.29, 1.82) is 0 Å². The summed E-state index contributed by atoms with van der Waals surface area (Å²) in [5.41, 5.74) is 0.737. The lowest BCUT2D eigenvalue weighted by Gasteiger charge is -2.13. The fourth-order valence-electron chi connectivity index (χ4n) is 1.90. The van der Waals surface area contributed by atoms with E-state index in [1.807, 2.05) is 4.57 Å². The first-order valence-corrected chi connectivity index (χ1v) is 6.36. The zero-order chi connectivity index (χ0) is 14.4. The molecule has 0 aliphatic carbocycles. The number of aromatic nitrogens is 2. The minimum atomic E-state index is -0.333. The van der Waals surface area contributed by atoms with Gasteiger partial charge in [-0.2, -0.15) is 0 Å². The van der Waals surface area contributed by atoms with E-state index in [0.717, 1.165) is 18.7 Å². The van der Waals surface area contributed by atoms with Crippen LogP contribution in [0.15, 0.2) is 30.6 Å². The number of hydrogen-bond donors (Lipinski definition) is 1. The molecule has 1 aromatic carbocycles. The lowest BCUT2D eigenvalue weighted by molar-refractivity contribution is 0.197. The van der Waals surface area contributed by atoms with Gasteiger partial charge in [-0.25, -0.2) is 9.37 Å². The van der Waals surface area contributed by atoms with Crippen LogP contribution in [0.3, 0.4) is 0 Å². The number of halogens is 1. The zero-order valence-electron chi connectivity index (χ0n) is 11.6. The zero-order valence-corrected chi connectivity index (χ0v) is 11.6. The summed E-state index contributed by atoms with van der Waals surface area (Å²) in [6, 6.07) is 4.41. The SMILES string of the molecule is COCCCNc1nccn1-c1ccc(F)cc1OC. The van der Waals surface area contributed by atoms with Gasteiger partial charge in [-0.15, -0.1) is 0 Å². The van der Waals surface area contributed by atoms with Gasteiger partial charge in [-0.3, -0.25) is 4.57 Å². The summed E-state index contributed by atoms with van der Waals surface area (Å²) in [6.07, 6.45) is 4.36. The van der Waals surface area contributed by atoms with Gasteiger partial charge in [0.15, 0.2) is 0 Å². The molecule has 1 N–H and O–H groups in total. The first kappa shape index (κ1) is 14.3. The van der Waals surface area contributed by atoms with E-state index in [2.05, 4.69) is 10.3 Å². The van der Waals surface area contributed by atoms with Gasteiger partial charge < -0.3 is 14.8 Å². The third-order valence-corrected chi connectivity index (χ3v) is 2.85. The summed E-state index contributed by atoms with van der Waals surface area (Å²) in [4.78, 5) is 4.25. The predicted octanol–water partition coefficient (Wildman–Crippen LogP) is 2.47. The summed E-state index contributed by atoms with van der Waals surface area (Å²) >= 11 is 0. The molecule has 0 bridgehead atoms. The molecule has 2 aromatic rings. The molecule has 5 nitrogen and oxygen atoms in total. The predicted molar refractivity (Wildman–Crippen MR) is 75.1 cm³/mol. The first-order chi connectivity index (χ1) is 9.76. The Morgan fingerprint density at radius 3 is 2.95 bits per heavy atom. The maximum absolute atomic E-state index is 13.2. The van der Waals surface area contributed by atoms with Crippen LogP contribution < -0.4 is 10.1 Å². The second-order valence-corrected chi connectivity index (χ2v) is 4.21. The van der Waals surface area contributed by atoms with Gasteiger partial charge in [0.25, 0.3) is 0 Å². The van der Waals surface area contributed by atoms with Crippen LogP contribution in [-0.2, 0) is 4.74 Å². The van der Waals surface area contributed by atoms with Crippen molar-refractivity contribution < 1.29 is 13.9 Å². The Hall–Kier alpha value is -2.08. The Balaban J connectivity index is 2.19. The van der Waals surface area contributed by atoms with E-state index in [9.17, 15) is 4.39 Å². The Bertz CT molecular complexity index is 557. The monoisotopic (exact) mass is 279 g/mol. The molecule has 0 unspecified atom stereocenters. The van der Waals surface area contributed by atoms with Gasteiger partial charge in [-0.05, 0) is 18.6 Å². The molecular formula is C14H18FN3O2. The molecule has 0 amide bonds. The molecule has 1 heterocycles. The number of imidazole rings is 1. The maximum Gasteiger partial charge on any atom is 0.207 e. The Labute approximate surface area is 117 Å². The summed E-state index contributed by atoms with van der Waals surface area (Å²) in [6.45, 7) is 1.43. The van der Waals surface area contributed by atoms with Gasteiger partial charge in [0.2, 0.25) is 5.95 Å². The van der Waals surface area contributed by atoms with E-state index in [0.29, 0.717) is 18.3 Å². The van der Waals surface area contributed by atoms with Crippen molar-refractivity contribution in [1.82, 2.24) is 9.55 Å². The molecule has 1 aromatic heterocycles. The minimum absolute atomic E-state index is 0.333. The average molecular weight is 279 g/mol. The summed E-state index contributed by atoms with van der Waals surface area (Å²) in [5, 5.41) is 3.22. The van der Waals surface area contributed by atoms with Crippen LogP contribution in [0.25, 0.3) is 5.69 Å². The molecule has 0 radical (unpaired) electrons. The van der Waals surface area contributed by atoms with Crippen molar-refractivity contribution in [3.05, 3.63) is 36.4 Å². The van der Waals surface area contributed by atoms with Crippen LogP contribution in [0.2, 0.25) is 0 Å². The number of methoxy groups -OCH3 is 2. The molecule has 0 saturated carbocycles. The Morgan fingerprint density at radius 2 is 2.20 bits per heavy atom. The molecule has 0 atom stereocenters. The van der Waals surface area contributed by atoms with E-state index in [1.54, 1.807) is 25.6 Å². The number of benzene rings is 1. The van der Waals surface area contributed by atoms with Crippen LogP contribution in [0.5, 0.6) is 5.75 Å². The summed E-state index contributed by atoms with van der Waals surface area (Å²) in [7, 11) is 3.19. The summed E-state index contributed by atoms with van der Waals surface area (Å²) in [5.74, 6) is 0.814. The quantitative estimate of drug-likeness (QED) is 0.791. The highest BCUT2D eigenvalue weighted by Crippen LogP contribution is 2.26. The maximum atomic E-state index is 13.2. The van der Waals surface area contributed by atoms with Gasteiger partial charge in [-0.1, -0.05) is 0 Å². The summed E-state index contributed by atoms with van der Waals surface area (Å²) < 4.78 is 25.3. The van der Waals surface area contributed by atoms with Crippen molar-refractivity contribution in [2.75, 3.05) is 32.7 Å². The van der Waals surface area contributed by atoms with Crippen molar-refractivity contribution in [3.63, 3.8) is 0 Å². The second-order valence-electron chi connectivity index (χ2n) is 4.21. The smallest absolute Gasteiger partial charge is 0.207 e. The lowest BCUT2D eigenvalue weighted by atomic mass is 10.3. The number of hydrogen-bond acceptors (Lipinski definition) is 4. The van der Waals surface area contributed by atoms with Crippen LogP contribution in [0.4, 0.5) is 10.3 Å². The Morgan fingerprint density at radius 1 is 1.35 bits per heavy atom. The molecule has 108 valence electrons. The van der Waals surface area contributed by atoms with Gasteiger partial charge in [0, 0.05) is 38.7 Å². The van der Waals surface area contributed by atoms with E-state index in [4.69, 9.17) is 9.47 Å². The third-order valence-electron chi connectivity index (χ3n) is 2.85. The van der Waals surface area contributed by atoms with Crippen LogP contribution >= 0.6 is 0 Å². The highest BCUT2D eigenvalue weighted by molar-refractivity contribution is 5.51. The van der Waals surface area contributed by atoms with Crippen LogP contribution in [0.1, 0.15) is 6.42 Å². The fourth-order valence-corrected chi connectivity index (χ4v) is 1.90. The molecular weight excluding hydrogens is 261 g/mol. The number of nitrogens with one attached hydrogen (secondary N) is 1. The molecule has 0 aliphatic heterocycles. The molecule has 2 rings (SSSR count). The van der Waals surface area contributed by atoms with Gasteiger partial charge in [0.1, 0.15) is 11.6 Å². The molecule has 0 saturated heterocycles. The lowest BCUT2D eigenvalue weighted by Crippen LogP contribution is -2.10. The molecule has 0 spiro atoms. The second kappa shape index (κ2) is 6.91. The van der Waals surface area contributed by atoms with E-state index in [-0.39, 0.29) is 5.82 Å². The highest BCUT2D eigenvalue weighted by atomic mass is 19.1. The van der Waals surface area contributed by atoms with Crippen molar-refractivity contribution >= 4 is 5.95 Å². The topological polar surface area (TPSA) is 48.3 Å². The van der Waals surface area contributed by atoms with Crippen molar-refractivity contribution in [3.8, 4) is 11.4 Å². The van der Waals surface area contributed by atoms with E-state index in [1.165, 1.54) is 19.2 Å². The van der Waals surface area contributed by atoms with E-state index < -0.39 is 0 Å². The fraction of sp³-hybridized carbons (Fsp3) is 0.357. The molecule has 20 heavy (non-hydrogen) atoms. The van der Waals surface area contributed by atoms with Gasteiger partial charge >= 0.3 is 0 Å². The van der Waals surface area contributed by atoms with Gasteiger partial charge in [0.05, 0.1) is 12.8 Å². The van der Waals surface area contributed by atoms with Crippen molar-refractivity contribution in [2.24, 2.45) is 0 Å². The normalized spacial score (nSPS) is 10.6. The third kappa shape index (κ3) is 3.27. The molecule has 6 heteroatoms. The van der Waals surface area contributed by atoms with E-state index >= 15 is 0 Å². The Kier molecular flexibility index (Phi) is 4.95. The van der Waals surface area contributed by atoms with Crippen LogP contribution in [0, 0.1) is 5.82 Å². The minimum Gasteiger partial charge on any atom is -0.494 e. The molecule has 0 fully saturated rings. The van der Waals surface area contributed by atoms with Crippen molar-refractivity contribution in [2.45, 2.75) is 6.42 Å². The number of rotatable bonds is 7. The number of nitrogens with zero attached hydrogens (tertiary/aromatic N) is 2. The largest absolute Gasteiger partial charge is 0.494 e. The number of anilines is 1. The average Bonchev–Trinajstić information content (AvgIpc) is 2.91. The van der Waals surface area contributed by atoms with Crippen LogP contribution in [-0.4, -0.2) is 36.9 Å². The number of ether oxygens (including phenoxy) is 2. The molecule has 0 aliphatic rings. The first-order valence-electron chi connectivity index (χ1n) is 6.36. The standard InChI is InChI=1S/C14H18FN3O2/c1-19-9-3-6-16-14-17-7-8-18(14)12-5-4-11(15)10-13(12)20-2/h4-5,7-8,10H,3,6,9H2,1-2H3,(H,16,17).